The lowest BCUT2D eigenvalue weighted by Crippen LogP contribution is -2.53. The summed E-state index contributed by atoms with van der Waals surface area (Å²) in [6, 6.07) is 0. The fraction of sp³-hybridized carbons (Fsp3) is 0.824. The Balaban J connectivity index is 1.93. The van der Waals surface area contributed by atoms with Crippen LogP contribution in [0, 0.1) is 5.92 Å². The number of likely N-dealkylation sites (N-methyl/N-ethyl adjacent to an activating group) is 1. The Kier molecular flexibility index (Phi) is 4.10. The van der Waals surface area contributed by atoms with E-state index in [9.17, 15) is 0 Å². The van der Waals surface area contributed by atoms with Crippen molar-refractivity contribution in [2.45, 2.75) is 64.6 Å². The second-order valence-electron chi connectivity index (χ2n) is 7.50. The minimum absolute atomic E-state index is 0.366. The smallest absolute Gasteiger partial charge is 0.109 e. The van der Waals surface area contributed by atoms with Gasteiger partial charge in [0.25, 0.3) is 0 Å². The van der Waals surface area contributed by atoms with Crippen molar-refractivity contribution in [3.05, 3.63) is 17.2 Å². The summed E-state index contributed by atoms with van der Waals surface area (Å²) in [5.74, 6) is 1.98. The van der Waals surface area contributed by atoms with Crippen LogP contribution in [0.1, 0.15) is 50.3 Å². The van der Waals surface area contributed by atoms with Crippen molar-refractivity contribution in [2.75, 3.05) is 20.6 Å². The Morgan fingerprint density at radius 1 is 1.33 bits per heavy atom. The molecular formula is C17H30N4. The van der Waals surface area contributed by atoms with Gasteiger partial charge < -0.3 is 14.8 Å². The van der Waals surface area contributed by atoms with E-state index in [1.54, 1.807) is 0 Å². The molecule has 0 radical (unpaired) electrons. The summed E-state index contributed by atoms with van der Waals surface area (Å²) in [7, 11) is 4.48. The van der Waals surface area contributed by atoms with Crippen LogP contribution in [0.25, 0.3) is 0 Å². The van der Waals surface area contributed by atoms with E-state index < -0.39 is 0 Å². The van der Waals surface area contributed by atoms with Gasteiger partial charge in [-0.15, -0.1) is 0 Å². The van der Waals surface area contributed by atoms with E-state index >= 15 is 0 Å². The molecule has 4 nitrogen and oxygen atoms in total. The van der Waals surface area contributed by atoms with Crippen LogP contribution in [0.5, 0.6) is 0 Å². The van der Waals surface area contributed by atoms with Gasteiger partial charge >= 0.3 is 0 Å². The van der Waals surface area contributed by atoms with Gasteiger partial charge in [-0.2, -0.15) is 0 Å². The lowest BCUT2D eigenvalue weighted by molar-refractivity contribution is 0.0406. The molecule has 0 atom stereocenters. The summed E-state index contributed by atoms with van der Waals surface area (Å²) in [5.41, 5.74) is 3.16. The average molecular weight is 290 g/mol. The van der Waals surface area contributed by atoms with E-state index in [1.165, 1.54) is 36.5 Å². The predicted octanol–water partition coefficient (Wildman–Crippen LogP) is 2.21. The zero-order valence-electron chi connectivity index (χ0n) is 14.1. The minimum atomic E-state index is 0.366. The van der Waals surface area contributed by atoms with Crippen LogP contribution >= 0.6 is 0 Å². The molecule has 1 aromatic heterocycles. The van der Waals surface area contributed by atoms with Crippen LogP contribution in [0.15, 0.2) is 0 Å². The molecular weight excluding hydrogens is 260 g/mol. The number of fused-ring (bicyclic) bond motifs is 1. The Hall–Kier alpha value is -0.870. The van der Waals surface area contributed by atoms with Gasteiger partial charge in [0.1, 0.15) is 5.82 Å². The van der Waals surface area contributed by atoms with Crippen LogP contribution < -0.4 is 5.32 Å². The highest BCUT2D eigenvalue weighted by atomic mass is 15.2. The number of nitrogens with one attached hydrogen (secondary N) is 1. The molecule has 0 saturated heterocycles. The first-order chi connectivity index (χ1) is 10.0. The van der Waals surface area contributed by atoms with Crippen LogP contribution in [-0.4, -0.2) is 40.6 Å². The van der Waals surface area contributed by atoms with Crippen molar-refractivity contribution in [2.24, 2.45) is 5.92 Å². The topological polar surface area (TPSA) is 33.1 Å². The van der Waals surface area contributed by atoms with Crippen molar-refractivity contribution >= 4 is 0 Å². The zero-order valence-corrected chi connectivity index (χ0v) is 14.1. The number of nitrogens with zero attached hydrogens (tertiary/aromatic N) is 3. The van der Waals surface area contributed by atoms with Gasteiger partial charge in [-0.05, 0) is 39.3 Å². The fourth-order valence-corrected chi connectivity index (χ4v) is 3.76. The summed E-state index contributed by atoms with van der Waals surface area (Å²) < 4.78 is 2.58. The molecule has 0 amide bonds. The molecule has 1 aromatic rings. The van der Waals surface area contributed by atoms with E-state index in [1.807, 2.05) is 0 Å². The molecule has 2 heterocycles. The third kappa shape index (κ3) is 2.76. The van der Waals surface area contributed by atoms with E-state index in [2.05, 4.69) is 42.7 Å². The maximum Gasteiger partial charge on any atom is 0.109 e. The van der Waals surface area contributed by atoms with Crippen molar-refractivity contribution in [3.63, 3.8) is 0 Å². The van der Waals surface area contributed by atoms with Crippen LogP contribution in [-0.2, 0) is 25.9 Å². The van der Waals surface area contributed by atoms with Gasteiger partial charge in [-0.1, -0.05) is 13.8 Å². The zero-order chi connectivity index (χ0) is 15.0. The molecule has 0 spiro atoms. The molecule has 1 N–H and O–H groups in total. The van der Waals surface area contributed by atoms with Gasteiger partial charge in [0.15, 0.2) is 0 Å². The highest BCUT2D eigenvalue weighted by Gasteiger charge is 2.40. The lowest BCUT2D eigenvalue weighted by Gasteiger charge is -2.48. The largest absolute Gasteiger partial charge is 0.330 e. The van der Waals surface area contributed by atoms with E-state index in [0.717, 1.165) is 32.5 Å². The van der Waals surface area contributed by atoms with Crippen molar-refractivity contribution < 1.29 is 0 Å². The quantitative estimate of drug-likeness (QED) is 0.902. The normalized spacial score (nSPS) is 20.7. The molecule has 0 aromatic carbocycles. The van der Waals surface area contributed by atoms with Crippen LogP contribution in [0.2, 0.25) is 0 Å². The molecule has 0 bridgehead atoms. The highest BCUT2D eigenvalue weighted by Crippen LogP contribution is 2.38. The Morgan fingerprint density at radius 2 is 2.10 bits per heavy atom. The van der Waals surface area contributed by atoms with Crippen molar-refractivity contribution in [3.8, 4) is 0 Å². The lowest BCUT2D eigenvalue weighted by atomic mass is 9.75. The summed E-state index contributed by atoms with van der Waals surface area (Å²) in [6.45, 7) is 7.75. The summed E-state index contributed by atoms with van der Waals surface area (Å²) >= 11 is 0. The number of hydrogen-bond acceptors (Lipinski definition) is 3. The highest BCUT2D eigenvalue weighted by molar-refractivity contribution is 5.21. The average Bonchev–Trinajstić information content (AvgIpc) is 2.70. The fourth-order valence-electron chi connectivity index (χ4n) is 3.76. The van der Waals surface area contributed by atoms with E-state index in [-0.39, 0.29) is 0 Å². The predicted molar refractivity (Wildman–Crippen MR) is 86.4 cm³/mol. The van der Waals surface area contributed by atoms with Gasteiger partial charge in [0, 0.05) is 43.7 Å². The van der Waals surface area contributed by atoms with E-state index in [4.69, 9.17) is 4.98 Å². The SMILES string of the molecule is CC(C)Cc1nc2c(n1CC1(N(C)C)CCC1)CCNC2. The minimum Gasteiger partial charge on any atom is -0.330 e. The molecule has 4 heteroatoms. The number of hydrogen-bond donors (Lipinski definition) is 1. The standard InChI is InChI=1S/C17H30N4/c1-13(2)10-16-19-14-11-18-9-6-15(14)21(16)12-17(20(3)4)7-5-8-17/h13,18H,5-12H2,1-4H3. The third-order valence-corrected chi connectivity index (χ3v) is 5.34. The van der Waals surface area contributed by atoms with Gasteiger partial charge in [-0.3, -0.25) is 0 Å². The number of imidazole rings is 1. The van der Waals surface area contributed by atoms with Crippen LogP contribution in [0.4, 0.5) is 0 Å². The maximum atomic E-state index is 4.97. The second kappa shape index (κ2) is 5.73. The maximum absolute atomic E-state index is 4.97. The molecule has 1 fully saturated rings. The molecule has 1 saturated carbocycles. The first-order valence-corrected chi connectivity index (χ1v) is 8.47. The van der Waals surface area contributed by atoms with E-state index in [0.29, 0.717) is 11.5 Å². The van der Waals surface area contributed by atoms with Crippen molar-refractivity contribution in [1.82, 2.24) is 19.8 Å². The second-order valence-corrected chi connectivity index (χ2v) is 7.50. The Labute approximate surface area is 128 Å². The molecule has 1 aliphatic carbocycles. The third-order valence-electron chi connectivity index (χ3n) is 5.34. The Morgan fingerprint density at radius 3 is 2.67 bits per heavy atom. The molecule has 0 unspecified atom stereocenters. The Bertz CT molecular complexity index is 497. The summed E-state index contributed by atoms with van der Waals surface area (Å²) in [6.07, 6.45) is 6.25. The molecule has 1 aliphatic heterocycles. The number of rotatable bonds is 5. The summed E-state index contributed by atoms with van der Waals surface area (Å²) in [5, 5.41) is 3.46. The van der Waals surface area contributed by atoms with Gasteiger partial charge in [0.05, 0.1) is 5.69 Å². The van der Waals surface area contributed by atoms with Gasteiger partial charge in [-0.25, -0.2) is 4.98 Å². The molecule has 21 heavy (non-hydrogen) atoms. The first kappa shape index (κ1) is 15.0. The van der Waals surface area contributed by atoms with Crippen molar-refractivity contribution in [1.29, 1.82) is 0 Å². The summed E-state index contributed by atoms with van der Waals surface area (Å²) in [4.78, 5) is 7.42. The van der Waals surface area contributed by atoms with Crippen LogP contribution in [0.3, 0.4) is 0 Å². The molecule has 3 rings (SSSR count). The monoisotopic (exact) mass is 290 g/mol. The molecule has 2 aliphatic rings. The first-order valence-electron chi connectivity index (χ1n) is 8.47. The molecule has 118 valence electrons. The van der Waals surface area contributed by atoms with Gasteiger partial charge in [0.2, 0.25) is 0 Å². The number of aromatic nitrogens is 2.